The molecule has 1 aromatic rings. The number of thioether (sulfide) groups is 2. The normalized spacial score (nSPS) is 10.4. The Morgan fingerprint density at radius 3 is 2.48 bits per heavy atom. The minimum Gasteiger partial charge on any atom is -0.355 e. The monoisotopic (exact) mass is 348 g/mol. The molecule has 0 aliphatic rings. The largest absolute Gasteiger partial charge is 0.355 e. The van der Waals surface area contributed by atoms with E-state index in [1.807, 2.05) is 6.92 Å². The van der Waals surface area contributed by atoms with Crippen LogP contribution in [0.5, 0.6) is 0 Å². The Hall–Kier alpha value is -0.800. The molecule has 2 amide bonds. The first-order valence-electron chi connectivity index (χ1n) is 6.78. The number of nitrogens with zero attached hydrogens (tertiary/aromatic N) is 2. The molecule has 21 heavy (non-hydrogen) atoms. The minimum atomic E-state index is -0.179. The van der Waals surface area contributed by atoms with Crippen molar-refractivity contribution in [3.05, 3.63) is 0 Å². The Bertz CT molecular complexity index is 453. The number of hydrogen-bond donors (Lipinski definition) is 2. The van der Waals surface area contributed by atoms with Gasteiger partial charge in [0.2, 0.25) is 11.8 Å². The van der Waals surface area contributed by atoms with E-state index in [4.69, 9.17) is 0 Å². The molecule has 0 aliphatic heterocycles. The maximum atomic E-state index is 11.6. The summed E-state index contributed by atoms with van der Waals surface area (Å²) in [6.45, 7) is 4.57. The summed E-state index contributed by atoms with van der Waals surface area (Å²) in [7, 11) is 0. The van der Waals surface area contributed by atoms with Gasteiger partial charge in [-0.15, -0.1) is 10.2 Å². The van der Waals surface area contributed by atoms with Gasteiger partial charge in [0.1, 0.15) is 0 Å². The van der Waals surface area contributed by atoms with Gasteiger partial charge in [-0.25, -0.2) is 0 Å². The van der Waals surface area contributed by atoms with Crippen LogP contribution in [0.25, 0.3) is 0 Å². The highest BCUT2D eigenvalue weighted by molar-refractivity contribution is 8.03. The van der Waals surface area contributed by atoms with E-state index in [0.29, 0.717) is 6.54 Å². The number of unbranched alkanes of at least 4 members (excludes halogenated alkanes) is 1. The fraction of sp³-hybridized carbons (Fsp3) is 0.667. The van der Waals surface area contributed by atoms with Gasteiger partial charge >= 0.3 is 0 Å². The summed E-state index contributed by atoms with van der Waals surface area (Å²) in [6.07, 6.45) is 2.33. The lowest BCUT2D eigenvalue weighted by Gasteiger charge is -2.03. The second-order valence-corrected chi connectivity index (χ2v) is 7.60. The smallest absolute Gasteiger partial charge is 0.239 e. The number of likely N-dealkylation sites (N-methyl/N-ethyl adjacent to an activating group) is 1. The summed E-state index contributed by atoms with van der Waals surface area (Å²) < 4.78 is 1.72. The highest BCUT2D eigenvalue weighted by Crippen LogP contribution is 2.28. The highest BCUT2D eigenvalue weighted by atomic mass is 32.2. The number of aromatic nitrogens is 2. The van der Waals surface area contributed by atoms with E-state index >= 15 is 0 Å². The Kier molecular flexibility index (Phi) is 9.44. The van der Waals surface area contributed by atoms with E-state index in [1.165, 1.54) is 29.5 Å². The summed E-state index contributed by atoms with van der Waals surface area (Å²) >= 11 is 4.54. The first kappa shape index (κ1) is 18.2. The van der Waals surface area contributed by atoms with Crippen molar-refractivity contribution in [2.75, 3.05) is 24.6 Å². The second-order valence-electron chi connectivity index (χ2n) is 4.05. The zero-order valence-corrected chi connectivity index (χ0v) is 14.6. The molecule has 0 spiro atoms. The topological polar surface area (TPSA) is 84.0 Å². The van der Waals surface area contributed by atoms with Crippen LogP contribution in [0, 0.1) is 0 Å². The van der Waals surface area contributed by atoms with Gasteiger partial charge in [-0.3, -0.25) is 9.59 Å². The fourth-order valence-electron chi connectivity index (χ4n) is 1.23. The van der Waals surface area contributed by atoms with Crippen LogP contribution in [-0.4, -0.2) is 46.6 Å². The number of nitrogens with one attached hydrogen (secondary N) is 2. The van der Waals surface area contributed by atoms with Crippen LogP contribution in [0.4, 0.5) is 0 Å². The van der Waals surface area contributed by atoms with Crippen molar-refractivity contribution >= 4 is 46.7 Å². The van der Waals surface area contributed by atoms with Gasteiger partial charge in [0.25, 0.3) is 0 Å². The summed E-state index contributed by atoms with van der Waals surface area (Å²) in [5.74, 6) is 0.930. The first-order valence-corrected chi connectivity index (χ1v) is 9.57. The number of hydrogen-bond acceptors (Lipinski definition) is 7. The van der Waals surface area contributed by atoms with E-state index in [2.05, 4.69) is 27.8 Å². The molecule has 1 rings (SSSR count). The Morgan fingerprint density at radius 1 is 1.10 bits per heavy atom. The van der Waals surface area contributed by atoms with Crippen molar-refractivity contribution in [3.8, 4) is 0 Å². The summed E-state index contributed by atoms with van der Waals surface area (Å²) in [4.78, 5) is 22.8. The molecule has 9 heteroatoms. The van der Waals surface area contributed by atoms with Crippen molar-refractivity contribution < 1.29 is 9.59 Å². The third kappa shape index (κ3) is 8.27. The molecule has 1 heterocycles. The van der Waals surface area contributed by atoms with Crippen LogP contribution in [0.3, 0.4) is 0 Å². The molecule has 1 aromatic heterocycles. The Morgan fingerprint density at radius 2 is 1.81 bits per heavy atom. The Balaban J connectivity index is 2.22. The van der Waals surface area contributed by atoms with Gasteiger partial charge in [-0.05, 0) is 13.3 Å². The quantitative estimate of drug-likeness (QED) is 0.495. The van der Waals surface area contributed by atoms with Gasteiger partial charge in [0.05, 0.1) is 12.3 Å². The molecule has 0 unspecified atom stereocenters. The Labute approximate surface area is 137 Å². The number of rotatable bonds is 10. The van der Waals surface area contributed by atoms with Crippen LogP contribution in [0.2, 0.25) is 0 Å². The van der Waals surface area contributed by atoms with Crippen molar-refractivity contribution in [2.45, 2.75) is 35.4 Å². The number of carbonyl (C=O) groups is 2. The van der Waals surface area contributed by atoms with Crippen molar-refractivity contribution in [3.63, 3.8) is 0 Å². The van der Waals surface area contributed by atoms with E-state index in [9.17, 15) is 9.59 Å². The number of amides is 2. The van der Waals surface area contributed by atoms with Crippen molar-refractivity contribution in [1.82, 2.24) is 20.8 Å². The molecule has 0 radical (unpaired) electrons. The second kappa shape index (κ2) is 10.9. The molecular weight excluding hydrogens is 328 g/mol. The SMILES string of the molecule is CCCCSc1nnc(SCC(=O)NCC(=O)NCC)s1. The van der Waals surface area contributed by atoms with Crippen LogP contribution < -0.4 is 10.6 Å². The summed E-state index contributed by atoms with van der Waals surface area (Å²) in [6, 6.07) is 0. The van der Waals surface area contributed by atoms with Gasteiger partial charge in [0.15, 0.2) is 8.68 Å². The average Bonchev–Trinajstić information content (AvgIpc) is 2.91. The lowest BCUT2D eigenvalue weighted by molar-refractivity contribution is -0.124. The first-order chi connectivity index (χ1) is 10.2. The predicted octanol–water partition coefficient (Wildman–Crippen LogP) is 1.77. The molecular formula is C12H20N4O2S3. The van der Waals surface area contributed by atoms with Gasteiger partial charge < -0.3 is 10.6 Å². The molecule has 6 nitrogen and oxygen atoms in total. The molecule has 0 fully saturated rings. The lowest BCUT2D eigenvalue weighted by atomic mass is 10.4. The molecule has 0 saturated heterocycles. The molecule has 0 aromatic carbocycles. The van der Waals surface area contributed by atoms with Crippen molar-refractivity contribution in [2.24, 2.45) is 0 Å². The highest BCUT2D eigenvalue weighted by Gasteiger charge is 2.09. The zero-order chi connectivity index (χ0) is 15.5. The van der Waals surface area contributed by atoms with Crippen molar-refractivity contribution in [1.29, 1.82) is 0 Å². The van der Waals surface area contributed by atoms with Gasteiger partial charge in [-0.2, -0.15) is 0 Å². The average molecular weight is 349 g/mol. The van der Waals surface area contributed by atoms with Crippen LogP contribution in [0.15, 0.2) is 8.68 Å². The lowest BCUT2D eigenvalue weighted by Crippen LogP contribution is -2.37. The van der Waals surface area contributed by atoms with Gasteiger partial charge in [0, 0.05) is 12.3 Å². The van der Waals surface area contributed by atoms with Crippen LogP contribution in [-0.2, 0) is 9.59 Å². The predicted molar refractivity (Wildman–Crippen MR) is 88.0 cm³/mol. The molecule has 118 valence electrons. The van der Waals surface area contributed by atoms with E-state index in [1.54, 1.807) is 11.8 Å². The zero-order valence-electron chi connectivity index (χ0n) is 12.2. The van der Waals surface area contributed by atoms with E-state index < -0.39 is 0 Å². The minimum absolute atomic E-state index is 0.0153. The molecule has 0 atom stereocenters. The number of carbonyl (C=O) groups excluding carboxylic acids is 2. The molecule has 2 N–H and O–H groups in total. The summed E-state index contributed by atoms with van der Waals surface area (Å²) in [5.41, 5.74) is 0. The third-order valence-corrected chi connectivity index (χ3v) is 5.53. The maximum Gasteiger partial charge on any atom is 0.239 e. The van der Waals surface area contributed by atoms with Crippen LogP contribution in [0.1, 0.15) is 26.7 Å². The molecule has 0 bridgehead atoms. The summed E-state index contributed by atoms with van der Waals surface area (Å²) in [5, 5.41) is 13.3. The molecule has 0 aliphatic carbocycles. The van der Waals surface area contributed by atoms with E-state index in [0.717, 1.165) is 20.9 Å². The fourth-order valence-corrected chi connectivity index (χ4v) is 4.24. The van der Waals surface area contributed by atoms with Gasteiger partial charge in [-0.1, -0.05) is 48.2 Å². The van der Waals surface area contributed by atoms with Crippen LogP contribution >= 0.6 is 34.9 Å². The van der Waals surface area contributed by atoms with E-state index in [-0.39, 0.29) is 24.1 Å². The third-order valence-electron chi connectivity index (χ3n) is 2.26. The molecule has 0 saturated carbocycles. The standard InChI is InChI=1S/C12H20N4O2S3/c1-3-5-6-19-11-15-16-12(21-11)20-8-10(18)14-7-9(17)13-4-2/h3-8H2,1-2H3,(H,13,17)(H,14,18). The maximum absolute atomic E-state index is 11.6.